The number of ether oxygens (including phenoxy) is 1. The van der Waals surface area contributed by atoms with E-state index in [0.717, 1.165) is 43.5 Å². The zero-order chi connectivity index (χ0) is 14.8. The number of aromatic nitrogens is 5. The Bertz CT molecular complexity index is 626. The molecule has 0 radical (unpaired) electrons. The summed E-state index contributed by atoms with van der Waals surface area (Å²) >= 11 is 0. The van der Waals surface area contributed by atoms with Gasteiger partial charge in [-0.3, -0.25) is 0 Å². The van der Waals surface area contributed by atoms with Gasteiger partial charge in [-0.1, -0.05) is 0 Å². The quantitative estimate of drug-likeness (QED) is 0.846. The Morgan fingerprint density at radius 2 is 2.19 bits per heavy atom. The summed E-state index contributed by atoms with van der Waals surface area (Å²) in [5, 5.41) is 4.45. The van der Waals surface area contributed by atoms with Crippen molar-refractivity contribution in [3.05, 3.63) is 23.9 Å². The lowest BCUT2D eigenvalue weighted by molar-refractivity contribution is 0.396. The van der Waals surface area contributed by atoms with Crippen molar-refractivity contribution in [3.63, 3.8) is 0 Å². The highest BCUT2D eigenvalue weighted by Gasteiger charge is 2.28. The monoisotopic (exact) mass is 288 g/mol. The summed E-state index contributed by atoms with van der Waals surface area (Å²) in [5.74, 6) is 3.09. The van der Waals surface area contributed by atoms with E-state index in [1.54, 1.807) is 19.4 Å². The van der Waals surface area contributed by atoms with Crippen LogP contribution in [0.15, 0.2) is 12.3 Å². The third kappa shape index (κ3) is 2.81. The van der Waals surface area contributed by atoms with Crippen molar-refractivity contribution in [2.75, 3.05) is 18.6 Å². The van der Waals surface area contributed by atoms with Gasteiger partial charge in [0.1, 0.15) is 11.6 Å². The van der Waals surface area contributed by atoms with Gasteiger partial charge in [-0.05, 0) is 26.7 Å². The van der Waals surface area contributed by atoms with Crippen LogP contribution in [0.4, 0.5) is 5.95 Å². The minimum Gasteiger partial charge on any atom is -0.481 e. The molecule has 3 rings (SSSR count). The van der Waals surface area contributed by atoms with E-state index in [0.29, 0.717) is 11.9 Å². The van der Waals surface area contributed by atoms with Crippen molar-refractivity contribution in [1.82, 2.24) is 24.7 Å². The molecule has 1 atom stereocenters. The van der Waals surface area contributed by atoms with Crippen molar-refractivity contribution in [2.24, 2.45) is 0 Å². The van der Waals surface area contributed by atoms with Gasteiger partial charge >= 0.3 is 0 Å². The fourth-order valence-corrected chi connectivity index (χ4v) is 2.81. The Labute approximate surface area is 124 Å². The number of aryl methyl sites for hydroxylation is 2. The van der Waals surface area contributed by atoms with Crippen LogP contribution in [0, 0.1) is 13.8 Å². The second-order valence-corrected chi connectivity index (χ2v) is 5.28. The zero-order valence-electron chi connectivity index (χ0n) is 12.7. The molecule has 1 saturated heterocycles. The number of methoxy groups -OCH3 is 1. The first-order chi connectivity index (χ1) is 10.2. The van der Waals surface area contributed by atoms with E-state index < -0.39 is 0 Å². The van der Waals surface area contributed by atoms with E-state index in [9.17, 15) is 0 Å². The first kappa shape index (κ1) is 13.8. The van der Waals surface area contributed by atoms with E-state index in [4.69, 9.17) is 4.74 Å². The molecule has 0 unspecified atom stereocenters. The maximum absolute atomic E-state index is 5.19. The van der Waals surface area contributed by atoms with Gasteiger partial charge in [0.15, 0.2) is 0 Å². The van der Waals surface area contributed by atoms with Crippen molar-refractivity contribution in [3.8, 4) is 5.88 Å². The second-order valence-electron chi connectivity index (χ2n) is 5.28. The molecule has 0 aromatic carbocycles. The summed E-state index contributed by atoms with van der Waals surface area (Å²) in [6.45, 7) is 5.68. The molecular formula is C14H20N6O. The minimum absolute atomic E-state index is 0.344. The molecule has 0 spiro atoms. The van der Waals surface area contributed by atoms with Crippen molar-refractivity contribution in [1.29, 1.82) is 0 Å². The van der Waals surface area contributed by atoms with E-state index in [2.05, 4.69) is 25.0 Å². The van der Waals surface area contributed by atoms with Gasteiger partial charge in [-0.2, -0.15) is 10.1 Å². The first-order valence-electron chi connectivity index (χ1n) is 7.19. The second kappa shape index (κ2) is 5.67. The summed E-state index contributed by atoms with van der Waals surface area (Å²) in [6.07, 6.45) is 3.98. The van der Waals surface area contributed by atoms with E-state index in [-0.39, 0.29) is 0 Å². The lowest BCUT2D eigenvalue weighted by atomic mass is 10.2. The predicted octanol–water partition coefficient (Wildman–Crippen LogP) is 1.36. The fourth-order valence-electron chi connectivity index (χ4n) is 2.81. The molecular weight excluding hydrogens is 268 g/mol. The number of hydrogen-bond donors (Lipinski definition) is 0. The van der Waals surface area contributed by atoms with Gasteiger partial charge in [0.25, 0.3) is 0 Å². The SMILES string of the molecule is COc1ccnc(N2CCC[C@@H]2Cn2nc(C)nc2C)n1. The molecule has 0 amide bonds. The largest absolute Gasteiger partial charge is 0.481 e. The molecule has 1 aliphatic rings. The van der Waals surface area contributed by atoms with E-state index >= 15 is 0 Å². The highest BCUT2D eigenvalue weighted by Crippen LogP contribution is 2.24. The standard InChI is InChI=1S/C14H20N6O/c1-10-16-11(2)20(18-10)9-12-5-4-8-19(12)14-15-7-6-13(17-14)21-3/h6-7,12H,4-5,8-9H2,1-3H3/t12-/m1/s1. The van der Waals surface area contributed by atoms with Crippen LogP contribution >= 0.6 is 0 Å². The Balaban J connectivity index is 1.80. The molecule has 21 heavy (non-hydrogen) atoms. The average molecular weight is 288 g/mol. The normalized spacial score (nSPS) is 18.2. The van der Waals surface area contributed by atoms with Crippen molar-refractivity contribution >= 4 is 5.95 Å². The average Bonchev–Trinajstić information content (AvgIpc) is 3.06. The Morgan fingerprint density at radius 1 is 1.33 bits per heavy atom. The smallest absolute Gasteiger partial charge is 0.228 e. The van der Waals surface area contributed by atoms with Gasteiger partial charge in [0, 0.05) is 18.8 Å². The molecule has 2 aromatic heterocycles. The van der Waals surface area contributed by atoms with Crippen molar-refractivity contribution < 1.29 is 4.74 Å². The summed E-state index contributed by atoms with van der Waals surface area (Å²) in [6, 6.07) is 2.11. The molecule has 0 aliphatic carbocycles. The Kier molecular flexibility index (Phi) is 3.72. The lowest BCUT2D eigenvalue weighted by Crippen LogP contribution is -2.34. The Hall–Kier alpha value is -2.18. The molecule has 112 valence electrons. The fraction of sp³-hybridized carbons (Fsp3) is 0.571. The summed E-state index contributed by atoms with van der Waals surface area (Å²) in [7, 11) is 1.62. The summed E-state index contributed by atoms with van der Waals surface area (Å²) in [5.41, 5.74) is 0. The third-order valence-corrected chi connectivity index (χ3v) is 3.81. The van der Waals surface area contributed by atoms with Crippen LogP contribution in [-0.4, -0.2) is 44.4 Å². The number of anilines is 1. The topological polar surface area (TPSA) is 69.0 Å². The molecule has 7 nitrogen and oxygen atoms in total. The van der Waals surface area contributed by atoms with Gasteiger partial charge in [0.2, 0.25) is 11.8 Å². The molecule has 0 N–H and O–H groups in total. The Morgan fingerprint density at radius 3 is 2.90 bits per heavy atom. The zero-order valence-corrected chi connectivity index (χ0v) is 12.7. The molecule has 0 bridgehead atoms. The maximum atomic E-state index is 5.19. The van der Waals surface area contributed by atoms with Gasteiger partial charge < -0.3 is 9.64 Å². The predicted molar refractivity (Wildman–Crippen MR) is 78.4 cm³/mol. The van der Waals surface area contributed by atoms with Crippen LogP contribution in [0.3, 0.4) is 0 Å². The van der Waals surface area contributed by atoms with Crippen LogP contribution in [0.25, 0.3) is 0 Å². The molecule has 1 aliphatic heterocycles. The van der Waals surface area contributed by atoms with E-state index in [1.165, 1.54) is 0 Å². The van der Waals surface area contributed by atoms with Crippen LogP contribution in [0.1, 0.15) is 24.5 Å². The molecule has 7 heteroatoms. The molecule has 3 heterocycles. The maximum Gasteiger partial charge on any atom is 0.228 e. The van der Waals surface area contributed by atoms with Crippen LogP contribution < -0.4 is 9.64 Å². The van der Waals surface area contributed by atoms with Crippen LogP contribution in [0.5, 0.6) is 5.88 Å². The van der Waals surface area contributed by atoms with Gasteiger partial charge in [-0.25, -0.2) is 14.6 Å². The number of nitrogens with zero attached hydrogens (tertiary/aromatic N) is 6. The molecule has 2 aromatic rings. The number of rotatable bonds is 4. The minimum atomic E-state index is 0.344. The highest BCUT2D eigenvalue weighted by molar-refractivity contribution is 5.35. The van der Waals surface area contributed by atoms with Crippen LogP contribution in [0.2, 0.25) is 0 Å². The lowest BCUT2D eigenvalue weighted by Gasteiger charge is -2.24. The molecule has 0 saturated carbocycles. The summed E-state index contributed by atoms with van der Waals surface area (Å²) < 4.78 is 7.16. The third-order valence-electron chi connectivity index (χ3n) is 3.81. The van der Waals surface area contributed by atoms with E-state index in [1.807, 2.05) is 18.5 Å². The van der Waals surface area contributed by atoms with Crippen molar-refractivity contribution in [2.45, 2.75) is 39.3 Å². The van der Waals surface area contributed by atoms with Gasteiger partial charge in [-0.15, -0.1) is 0 Å². The van der Waals surface area contributed by atoms with Crippen LogP contribution in [-0.2, 0) is 6.54 Å². The summed E-state index contributed by atoms with van der Waals surface area (Å²) in [4.78, 5) is 15.4. The van der Waals surface area contributed by atoms with Gasteiger partial charge in [0.05, 0.1) is 19.7 Å². The molecule has 1 fully saturated rings. The number of hydrogen-bond acceptors (Lipinski definition) is 6. The first-order valence-corrected chi connectivity index (χ1v) is 7.19. The highest BCUT2D eigenvalue weighted by atomic mass is 16.5.